The number of ether oxygens (including phenoxy) is 2. The first-order chi connectivity index (χ1) is 16.0. The van der Waals surface area contributed by atoms with Gasteiger partial charge in [0, 0.05) is 52.5 Å². The van der Waals surface area contributed by atoms with E-state index in [2.05, 4.69) is 0 Å². The van der Waals surface area contributed by atoms with Crippen molar-refractivity contribution in [3.63, 3.8) is 0 Å². The van der Waals surface area contributed by atoms with E-state index in [1.807, 2.05) is 20.8 Å². The lowest BCUT2D eigenvalue weighted by Crippen LogP contribution is -2.42. The maximum atomic E-state index is 13.4. The Bertz CT molecular complexity index is 1200. The number of methoxy groups -OCH3 is 2. The van der Waals surface area contributed by atoms with Gasteiger partial charge in [-0.1, -0.05) is 13.8 Å². The number of fused-ring (bicyclic) bond motifs is 1. The Kier molecular flexibility index (Phi) is 8.18. The van der Waals surface area contributed by atoms with Crippen molar-refractivity contribution in [1.82, 2.24) is 13.8 Å². The molecule has 1 amide bonds. The number of aromatic nitrogens is 1. The number of amides is 1. The molecule has 1 aliphatic rings. The lowest BCUT2D eigenvalue weighted by molar-refractivity contribution is -0.110. The SMILES string of the molecule is CCn1cc(C(=O)N(C)CC(OC)OC)c(=O)c2cc(S(=O)(=O)N3CC(C)CC(C)C3)ccc21. The van der Waals surface area contributed by atoms with Gasteiger partial charge in [-0.25, -0.2) is 8.42 Å². The van der Waals surface area contributed by atoms with Gasteiger partial charge < -0.3 is 18.9 Å². The first-order valence-electron chi connectivity index (χ1n) is 11.5. The molecule has 9 nitrogen and oxygen atoms in total. The van der Waals surface area contributed by atoms with Gasteiger partial charge in [0.05, 0.1) is 17.0 Å². The molecule has 0 bridgehead atoms. The number of likely N-dealkylation sites (N-methyl/N-ethyl adjacent to an activating group) is 1. The zero-order valence-corrected chi connectivity index (χ0v) is 21.6. The minimum atomic E-state index is -3.77. The third-order valence-corrected chi connectivity index (χ3v) is 8.22. The summed E-state index contributed by atoms with van der Waals surface area (Å²) in [6.07, 6.45) is 1.88. The van der Waals surface area contributed by atoms with Crippen LogP contribution in [0.1, 0.15) is 37.6 Å². The summed E-state index contributed by atoms with van der Waals surface area (Å²) in [6, 6.07) is 4.60. The average Bonchev–Trinajstić information content (AvgIpc) is 2.81. The Labute approximate surface area is 201 Å². The standard InChI is InChI=1S/C24H35N3O6S/c1-7-26-14-20(24(29)25(4)15-22(32-5)33-6)23(28)19-11-18(8-9-21(19)26)34(30,31)27-12-16(2)10-17(3)13-27/h8-9,11,14,16-17,22H,7,10,12-13,15H2,1-6H3. The highest BCUT2D eigenvalue weighted by Crippen LogP contribution is 2.28. The van der Waals surface area contributed by atoms with Gasteiger partial charge in [0.1, 0.15) is 5.56 Å². The highest BCUT2D eigenvalue weighted by Gasteiger charge is 2.32. The summed E-state index contributed by atoms with van der Waals surface area (Å²) in [5, 5.41) is 0.204. The van der Waals surface area contributed by atoms with E-state index in [4.69, 9.17) is 9.47 Å². The van der Waals surface area contributed by atoms with Crippen LogP contribution in [0.3, 0.4) is 0 Å². The van der Waals surface area contributed by atoms with Gasteiger partial charge in [-0.05, 0) is 43.4 Å². The molecule has 2 aromatic rings. The Hall–Kier alpha value is -2.27. The van der Waals surface area contributed by atoms with Crippen LogP contribution >= 0.6 is 0 Å². The summed E-state index contributed by atoms with van der Waals surface area (Å²) in [4.78, 5) is 27.9. The number of benzene rings is 1. The Balaban J connectivity index is 2.07. The van der Waals surface area contributed by atoms with E-state index in [1.54, 1.807) is 23.7 Å². The summed E-state index contributed by atoms with van der Waals surface area (Å²) in [6.45, 7) is 7.53. The summed E-state index contributed by atoms with van der Waals surface area (Å²) < 4.78 is 40.4. The van der Waals surface area contributed by atoms with Gasteiger partial charge in [0.25, 0.3) is 5.91 Å². The second-order valence-corrected chi connectivity index (χ2v) is 11.1. The number of piperidine rings is 1. The molecular weight excluding hydrogens is 458 g/mol. The predicted octanol–water partition coefficient (Wildman–Crippen LogP) is 2.38. The molecule has 3 rings (SSSR count). The van der Waals surface area contributed by atoms with Crippen LogP contribution in [0.2, 0.25) is 0 Å². The van der Waals surface area contributed by atoms with Crippen molar-refractivity contribution >= 4 is 26.8 Å². The Morgan fingerprint density at radius 3 is 2.35 bits per heavy atom. The zero-order valence-electron chi connectivity index (χ0n) is 20.8. The smallest absolute Gasteiger partial charge is 0.259 e. The molecule has 188 valence electrons. The van der Waals surface area contributed by atoms with Gasteiger partial charge in [-0.15, -0.1) is 0 Å². The van der Waals surface area contributed by atoms with Crippen molar-refractivity contribution < 1.29 is 22.7 Å². The molecule has 0 radical (unpaired) electrons. The summed E-state index contributed by atoms with van der Waals surface area (Å²) in [7, 11) is 0.733. The zero-order chi connectivity index (χ0) is 25.2. The van der Waals surface area contributed by atoms with E-state index < -0.39 is 27.6 Å². The number of hydrogen-bond acceptors (Lipinski definition) is 6. The second kappa shape index (κ2) is 10.6. The van der Waals surface area contributed by atoms with E-state index in [9.17, 15) is 18.0 Å². The molecule has 2 heterocycles. The van der Waals surface area contributed by atoms with Gasteiger partial charge in [0.2, 0.25) is 15.5 Å². The summed E-state index contributed by atoms with van der Waals surface area (Å²) >= 11 is 0. The molecule has 1 aromatic carbocycles. The number of carbonyl (C=O) groups excluding carboxylic acids is 1. The number of hydrogen-bond donors (Lipinski definition) is 0. The van der Waals surface area contributed by atoms with Crippen LogP contribution in [0.5, 0.6) is 0 Å². The number of carbonyl (C=O) groups is 1. The van der Waals surface area contributed by atoms with Gasteiger partial charge >= 0.3 is 0 Å². The van der Waals surface area contributed by atoms with Crippen molar-refractivity contribution in [3.05, 3.63) is 40.2 Å². The van der Waals surface area contributed by atoms with Crippen LogP contribution in [-0.4, -0.2) is 75.3 Å². The fraction of sp³-hybridized carbons (Fsp3) is 0.583. The molecule has 10 heteroatoms. The number of pyridine rings is 1. The third-order valence-electron chi connectivity index (χ3n) is 6.39. The van der Waals surface area contributed by atoms with Crippen LogP contribution < -0.4 is 5.43 Å². The maximum Gasteiger partial charge on any atom is 0.259 e. The molecule has 2 atom stereocenters. The minimum Gasteiger partial charge on any atom is -0.354 e. The Morgan fingerprint density at radius 1 is 1.18 bits per heavy atom. The normalized spacial score (nSPS) is 19.6. The van der Waals surface area contributed by atoms with Crippen LogP contribution in [0.15, 0.2) is 34.1 Å². The lowest BCUT2D eigenvalue weighted by Gasteiger charge is -2.34. The maximum absolute atomic E-state index is 13.4. The second-order valence-electron chi connectivity index (χ2n) is 9.19. The molecule has 1 aliphatic heterocycles. The predicted molar refractivity (Wildman–Crippen MR) is 130 cm³/mol. The fourth-order valence-corrected chi connectivity index (χ4v) is 6.37. The minimum absolute atomic E-state index is 0.0300. The van der Waals surface area contributed by atoms with Crippen molar-refractivity contribution in [1.29, 1.82) is 0 Å². The van der Waals surface area contributed by atoms with E-state index in [-0.39, 0.29) is 34.2 Å². The molecule has 0 aliphatic carbocycles. The topological polar surface area (TPSA) is 98.1 Å². The number of rotatable bonds is 8. The van der Waals surface area contributed by atoms with Crippen molar-refractivity contribution in [2.24, 2.45) is 11.8 Å². The molecule has 2 unspecified atom stereocenters. The fourth-order valence-electron chi connectivity index (χ4n) is 4.66. The Morgan fingerprint density at radius 2 is 1.79 bits per heavy atom. The quantitative estimate of drug-likeness (QED) is 0.524. The summed E-state index contributed by atoms with van der Waals surface area (Å²) in [5.74, 6) is 0.0401. The number of nitrogens with zero attached hydrogens (tertiary/aromatic N) is 3. The number of aryl methyl sites for hydroxylation is 1. The van der Waals surface area contributed by atoms with Gasteiger partial charge in [0.15, 0.2) is 6.29 Å². The van der Waals surface area contributed by atoms with Crippen LogP contribution in [-0.2, 0) is 26.0 Å². The highest BCUT2D eigenvalue weighted by molar-refractivity contribution is 7.89. The van der Waals surface area contributed by atoms with E-state index >= 15 is 0 Å². The molecule has 0 N–H and O–H groups in total. The largest absolute Gasteiger partial charge is 0.354 e. The highest BCUT2D eigenvalue weighted by atomic mass is 32.2. The van der Waals surface area contributed by atoms with E-state index in [1.165, 1.54) is 35.7 Å². The molecular formula is C24H35N3O6S. The molecule has 1 aromatic heterocycles. The van der Waals surface area contributed by atoms with Crippen molar-refractivity contribution in [2.45, 2.75) is 44.9 Å². The van der Waals surface area contributed by atoms with Gasteiger partial charge in [-0.3, -0.25) is 9.59 Å². The van der Waals surface area contributed by atoms with Crippen LogP contribution in [0.4, 0.5) is 0 Å². The van der Waals surface area contributed by atoms with Crippen LogP contribution in [0, 0.1) is 11.8 Å². The molecule has 0 spiro atoms. The van der Waals surface area contributed by atoms with Gasteiger partial charge in [-0.2, -0.15) is 4.31 Å². The first-order valence-corrected chi connectivity index (χ1v) is 13.0. The first kappa shape index (κ1) is 26.3. The number of sulfonamides is 1. The monoisotopic (exact) mass is 493 g/mol. The van der Waals surface area contributed by atoms with Crippen molar-refractivity contribution in [3.8, 4) is 0 Å². The molecule has 34 heavy (non-hydrogen) atoms. The molecule has 0 saturated carbocycles. The summed E-state index contributed by atoms with van der Waals surface area (Å²) in [5.41, 5.74) is 0.0515. The molecule has 1 saturated heterocycles. The van der Waals surface area contributed by atoms with E-state index in [0.29, 0.717) is 25.2 Å². The van der Waals surface area contributed by atoms with Crippen LogP contribution in [0.25, 0.3) is 10.9 Å². The average molecular weight is 494 g/mol. The van der Waals surface area contributed by atoms with E-state index in [0.717, 1.165) is 6.42 Å². The van der Waals surface area contributed by atoms with Crippen molar-refractivity contribution in [2.75, 3.05) is 40.9 Å². The third kappa shape index (κ3) is 5.19. The molecule has 1 fully saturated rings. The lowest BCUT2D eigenvalue weighted by atomic mass is 9.94.